The quantitative estimate of drug-likeness (QED) is 0.669. The summed E-state index contributed by atoms with van der Waals surface area (Å²) >= 11 is 0. The lowest BCUT2D eigenvalue weighted by molar-refractivity contribution is 0.185. The van der Waals surface area contributed by atoms with Crippen molar-refractivity contribution < 1.29 is 5.11 Å². The van der Waals surface area contributed by atoms with Crippen LogP contribution in [0.1, 0.15) is 29.3 Å². The van der Waals surface area contributed by atoms with Crippen molar-refractivity contribution in [2.45, 2.75) is 19.0 Å². The van der Waals surface area contributed by atoms with Crippen LogP contribution in [0.4, 0.5) is 0 Å². The number of aliphatic hydroxyl groups excluding tert-OH is 1. The van der Waals surface area contributed by atoms with Crippen molar-refractivity contribution in [2.24, 2.45) is 0 Å². The van der Waals surface area contributed by atoms with Crippen LogP contribution in [0.2, 0.25) is 0 Å². The summed E-state index contributed by atoms with van der Waals surface area (Å²) in [5.74, 6) is 0. The van der Waals surface area contributed by atoms with Crippen molar-refractivity contribution in [1.29, 1.82) is 0 Å². The highest BCUT2D eigenvalue weighted by atomic mass is 16.3. The van der Waals surface area contributed by atoms with E-state index in [1.54, 1.807) is 6.20 Å². The molecule has 3 aromatic rings. The first-order valence-electron chi connectivity index (χ1n) is 8.31. The van der Waals surface area contributed by atoms with Gasteiger partial charge >= 0.3 is 0 Å². The third kappa shape index (κ3) is 4.10. The molecule has 0 atom stereocenters. The number of benzene rings is 2. The van der Waals surface area contributed by atoms with Crippen molar-refractivity contribution in [3.8, 4) is 0 Å². The molecule has 0 saturated heterocycles. The van der Waals surface area contributed by atoms with Crippen LogP contribution in [-0.4, -0.2) is 33.4 Å². The van der Waals surface area contributed by atoms with Crippen LogP contribution in [0.25, 0.3) is 0 Å². The van der Waals surface area contributed by atoms with Crippen LogP contribution in [0.3, 0.4) is 0 Å². The van der Waals surface area contributed by atoms with Crippen LogP contribution in [0.5, 0.6) is 0 Å². The number of aromatic nitrogens is 2. The smallest absolute Gasteiger partial charge is 0.0605 e. The second-order valence-electron chi connectivity index (χ2n) is 5.85. The fourth-order valence-corrected chi connectivity index (χ4v) is 3.05. The summed E-state index contributed by atoms with van der Waals surface area (Å²) in [6.07, 6.45) is 2.52. The molecule has 0 unspecified atom stereocenters. The molecule has 1 aromatic heterocycles. The summed E-state index contributed by atoms with van der Waals surface area (Å²) in [6, 6.07) is 23.2. The molecular formula is C20H23N3O. The van der Waals surface area contributed by atoms with E-state index >= 15 is 0 Å². The van der Waals surface area contributed by atoms with Gasteiger partial charge in [-0.1, -0.05) is 60.7 Å². The minimum Gasteiger partial charge on any atom is -0.396 e. The highest BCUT2D eigenvalue weighted by molar-refractivity contribution is 5.32. The van der Waals surface area contributed by atoms with Crippen molar-refractivity contribution in [1.82, 2.24) is 15.1 Å². The van der Waals surface area contributed by atoms with Crippen LogP contribution in [-0.2, 0) is 6.54 Å². The molecule has 4 heteroatoms. The van der Waals surface area contributed by atoms with Crippen LogP contribution < -0.4 is 0 Å². The van der Waals surface area contributed by atoms with E-state index in [0.717, 1.165) is 25.2 Å². The summed E-state index contributed by atoms with van der Waals surface area (Å²) in [6.45, 7) is 1.76. The fraction of sp³-hybridized carbons (Fsp3) is 0.250. The molecule has 0 aliphatic rings. The number of nitrogens with zero attached hydrogens (tertiary/aromatic N) is 2. The molecule has 2 aromatic carbocycles. The first kappa shape index (κ1) is 16.4. The Morgan fingerprint density at radius 3 is 2.04 bits per heavy atom. The molecule has 0 saturated carbocycles. The van der Waals surface area contributed by atoms with Gasteiger partial charge in [-0.25, -0.2) is 0 Å². The van der Waals surface area contributed by atoms with E-state index in [9.17, 15) is 5.11 Å². The minimum absolute atomic E-state index is 0.141. The zero-order valence-electron chi connectivity index (χ0n) is 13.7. The Morgan fingerprint density at radius 1 is 0.917 bits per heavy atom. The second-order valence-corrected chi connectivity index (χ2v) is 5.85. The normalized spacial score (nSPS) is 11.3. The van der Waals surface area contributed by atoms with Gasteiger partial charge in [0, 0.05) is 31.6 Å². The monoisotopic (exact) mass is 321 g/mol. The van der Waals surface area contributed by atoms with Gasteiger partial charge in [0.1, 0.15) is 0 Å². The summed E-state index contributed by atoms with van der Waals surface area (Å²) in [4.78, 5) is 2.38. The standard InChI is InChI=1S/C20H23N3O/c24-15-7-14-23(16-19-12-13-21-22-19)20(17-8-3-1-4-9-17)18-10-5-2-6-11-18/h1-6,8-13,20,24H,7,14-16H2,(H,21,22). The highest BCUT2D eigenvalue weighted by Crippen LogP contribution is 2.29. The second kappa shape index (κ2) is 8.43. The van der Waals surface area contributed by atoms with Crippen LogP contribution in [0, 0.1) is 0 Å². The molecule has 124 valence electrons. The number of rotatable bonds is 8. The molecular weight excluding hydrogens is 298 g/mol. The maximum atomic E-state index is 9.32. The Labute approximate surface area is 142 Å². The number of nitrogens with one attached hydrogen (secondary N) is 1. The predicted octanol–water partition coefficient (Wildman–Crippen LogP) is 3.38. The number of aromatic amines is 1. The SMILES string of the molecule is OCCCN(Cc1ccn[nH]1)C(c1ccccc1)c1ccccc1. The molecule has 0 fully saturated rings. The van der Waals surface area contributed by atoms with Gasteiger partial charge in [0.25, 0.3) is 0 Å². The lowest BCUT2D eigenvalue weighted by atomic mass is 9.96. The first-order valence-corrected chi connectivity index (χ1v) is 8.31. The maximum Gasteiger partial charge on any atom is 0.0605 e. The average molecular weight is 321 g/mol. The van der Waals surface area contributed by atoms with E-state index < -0.39 is 0 Å². The molecule has 0 bridgehead atoms. The zero-order valence-corrected chi connectivity index (χ0v) is 13.7. The number of hydrogen-bond donors (Lipinski definition) is 2. The van der Waals surface area contributed by atoms with E-state index in [1.807, 2.05) is 18.2 Å². The zero-order chi connectivity index (χ0) is 16.6. The summed E-state index contributed by atoms with van der Waals surface area (Å²) < 4.78 is 0. The molecule has 4 nitrogen and oxygen atoms in total. The average Bonchev–Trinajstić information content (AvgIpc) is 3.15. The fourth-order valence-electron chi connectivity index (χ4n) is 3.05. The third-order valence-electron chi connectivity index (χ3n) is 4.13. The van der Waals surface area contributed by atoms with Gasteiger partial charge in [-0.15, -0.1) is 0 Å². The van der Waals surface area contributed by atoms with Crippen LogP contribution >= 0.6 is 0 Å². The Balaban J connectivity index is 1.96. The van der Waals surface area contributed by atoms with Crippen molar-refractivity contribution in [3.63, 3.8) is 0 Å². The van der Waals surface area contributed by atoms with E-state index in [1.165, 1.54) is 11.1 Å². The molecule has 2 N–H and O–H groups in total. The van der Waals surface area contributed by atoms with Gasteiger partial charge in [-0.2, -0.15) is 5.10 Å². The largest absolute Gasteiger partial charge is 0.396 e. The number of hydrogen-bond acceptors (Lipinski definition) is 3. The van der Waals surface area contributed by atoms with E-state index in [4.69, 9.17) is 0 Å². The lowest BCUT2D eigenvalue weighted by Gasteiger charge is -2.32. The number of H-pyrrole nitrogens is 1. The van der Waals surface area contributed by atoms with Gasteiger partial charge in [0.2, 0.25) is 0 Å². The van der Waals surface area contributed by atoms with Gasteiger partial charge in [-0.3, -0.25) is 10.00 Å². The Bertz CT molecular complexity index is 659. The van der Waals surface area contributed by atoms with Gasteiger partial charge in [0.15, 0.2) is 0 Å². The highest BCUT2D eigenvalue weighted by Gasteiger charge is 2.22. The van der Waals surface area contributed by atoms with Crippen molar-refractivity contribution >= 4 is 0 Å². The number of aliphatic hydroxyl groups is 1. The summed E-state index contributed by atoms with van der Waals surface area (Å²) in [5.41, 5.74) is 3.58. The molecule has 24 heavy (non-hydrogen) atoms. The van der Waals surface area contributed by atoms with Gasteiger partial charge in [-0.05, 0) is 23.6 Å². The van der Waals surface area contributed by atoms with Crippen LogP contribution in [0.15, 0.2) is 72.9 Å². The Hall–Kier alpha value is -2.43. The van der Waals surface area contributed by atoms with Crippen molar-refractivity contribution in [2.75, 3.05) is 13.2 Å². The Morgan fingerprint density at radius 2 is 1.54 bits per heavy atom. The Kier molecular flexibility index (Phi) is 5.77. The van der Waals surface area contributed by atoms with Gasteiger partial charge in [0.05, 0.1) is 6.04 Å². The molecule has 0 aliphatic heterocycles. The molecule has 0 spiro atoms. The first-order chi connectivity index (χ1) is 11.9. The van der Waals surface area contributed by atoms with E-state index in [0.29, 0.717) is 0 Å². The van der Waals surface area contributed by atoms with E-state index in [2.05, 4.69) is 63.6 Å². The van der Waals surface area contributed by atoms with Crippen molar-refractivity contribution in [3.05, 3.63) is 89.7 Å². The van der Waals surface area contributed by atoms with Gasteiger partial charge < -0.3 is 5.11 Å². The molecule has 1 heterocycles. The lowest BCUT2D eigenvalue weighted by Crippen LogP contribution is -2.31. The maximum absolute atomic E-state index is 9.32. The predicted molar refractivity (Wildman–Crippen MR) is 95.4 cm³/mol. The topological polar surface area (TPSA) is 52.1 Å². The molecule has 0 aliphatic carbocycles. The summed E-state index contributed by atoms with van der Waals surface area (Å²) in [7, 11) is 0. The van der Waals surface area contributed by atoms with E-state index in [-0.39, 0.29) is 12.6 Å². The molecule has 0 radical (unpaired) electrons. The molecule has 0 amide bonds. The minimum atomic E-state index is 0.141. The third-order valence-corrected chi connectivity index (χ3v) is 4.13. The molecule has 3 rings (SSSR count). The summed E-state index contributed by atoms with van der Waals surface area (Å²) in [5, 5.41) is 16.4.